The number of amides is 1. The molecule has 0 saturated heterocycles. The van der Waals surface area contributed by atoms with Crippen LogP contribution < -0.4 is 5.32 Å². The molecule has 0 heterocycles. The third kappa shape index (κ3) is 3.86. The van der Waals surface area contributed by atoms with E-state index >= 15 is 0 Å². The normalized spacial score (nSPS) is 21.4. The van der Waals surface area contributed by atoms with E-state index in [1.54, 1.807) is 0 Å². The van der Waals surface area contributed by atoms with Crippen LogP contribution in [0.2, 0.25) is 0 Å². The standard InChI is InChI=1S/C23H27NO3/c25-14-17-7-5-6-16(12-17)13-24-23(26)27-15-22-20-10-3-1-8-18(20)19-9-2-4-11-21(19)22/h1-4,8-11,16-17,22,25H,5-7,12-15H2,(H,24,26)/t16-,17+/m0/s1. The Balaban J connectivity index is 1.34. The van der Waals surface area contributed by atoms with E-state index in [9.17, 15) is 9.90 Å². The first kappa shape index (κ1) is 18.1. The van der Waals surface area contributed by atoms with Gasteiger partial charge in [-0.15, -0.1) is 0 Å². The lowest BCUT2D eigenvalue weighted by molar-refractivity contribution is 0.133. The molecule has 0 radical (unpaired) electrons. The van der Waals surface area contributed by atoms with Crippen LogP contribution in [0.15, 0.2) is 48.5 Å². The van der Waals surface area contributed by atoms with Gasteiger partial charge in [0.25, 0.3) is 0 Å². The molecule has 0 aliphatic heterocycles. The third-order valence-electron chi connectivity index (χ3n) is 6.03. The molecule has 27 heavy (non-hydrogen) atoms. The van der Waals surface area contributed by atoms with Crippen molar-refractivity contribution in [3.63, 3.8) is 0 Å². The molecule has 2 atom stereocenters. The molecule has 4 rings (SSSR count). The lowest BCUT2D eigenvalue weighted by atomic mass is 9.82. The van der Waals surface area contributed by atoms with Gasteiger partial charge in [0, 0.05) is 19.1 Å². The van der Waals surface area contributed by atoms with Gasteiger partial charge in [-0.2, -0.15) is 0 Å². The first-order valence-electron chi connectivity index (χ1n) is 9.96. The quantitative estimate of drug-likeness (QED) is 0.829. The Kier molecular flexibility index (Phi) is 5.44. The molecule has 4 nitrogen and oxygen atoms in total. The van der Waals surface area contributed by atoms with Gasteiger partial charge in [-0.25, -0.2) is 4.79 Å². The Hall–Kier alpha value is -2.33. The molecule has 1 saturated carbocycles. The summed E-state index contributed by atoms with van der Waals surface area (Å²) in [6.07, 6.45) is 3.98. The largest absolute Gasteiger partial charge is 0.449 e. The summed E-state index contributed by atoms with van der Waals surface area (Å²) < 4.78 is 5.58. The molecule has 2 aliphatic carbocycles. The maximum Gasteiger partial charge on any atom is 0.407 e. The van der Waals surface area contributed by atoms with Crippen molar-refractivity contribution in [1.29, 1.82) is 0 Å². The molecule has 2 aromatic rings. The number of fused-ring (bicyclic) bond motifs is 3. The highest BCUT2D eigenvalue weighted by Crippen LogP contribution is 2.44. The summed E-state index contributed by atoms with van der Waals surface area (Å²) in [6.45, 7) is 1.23. The fourth-order valence-electron chi connectivity index (χ4n) is 4.63. The summed E-state index contributed by atoms with van der Waals surface area (Å²) in [7, 11) is 0. The van der Waals surface area contributed by atoms with Crippen molar-refractivity contribution in [2.24, 2.45) is 11.8 Å². The smallest absolute Gasteiger partial charge is 0.407 e. The fourth-order valence-corrected chi connectivity index (χ4v) is 4.63. The lowest BCUT2D eigenvalue weighted by Crippen LogP contribution is -2.33. The number of hydrogen-bond donors (Lipinski definition) is 2. The highest BCUT2D eigenvalue weighted by molar-refractivity contribution is 5.79. The number of carbonyl (C=O) groups is 1. The minimum Gasteiger partial charge on any atom is -0.449 e. The number of carbonyl (C=O) groups excluding carboxylic acids is 1. The van der Waals surface area contributed by atoms with Gasteiger partial charge >= 0.3 is 6.09 Å². The van der Waals surface area contributed by atoms with Crippen molar-refractivity contribution in [3.8, 4) is 11.1 Å². The lowest BCUT2D eigenvalue weighted by Gasteiger charge is -2.27. The SMILES string of the molecule is O=C(NC[C@H]1CCC[C@@H](CO)C1)OCC1c2ccccc2-c2ccccc21. The van der Waals surface area contributed by atoms with Gasteiger partial charge in [0.05, 0.1) is 0 Å². The second-order valence-corrected chi connectivity index (χ2v) is 7.79. The topological polar surface area (TPSA) is 58.6 Å². The number of ether oxygens (including phenoxy) is 1. The van der Waals surface area contributed by atoms with Gasteiger partial charge in [0.15, 0.2) is 0 Å². The van der Waals surface area contributed by atoms with Crippen molar-refractivity contribution >= 4 is 6.09 Å². The van der Waals surface area contributed by atoms with E-state index in [1.165, 1.54) is 22.3 Å². The number of aliphatic hydroxyl groups excluding tert-OH is 1. The average molecular weight is 365 g/mol. The van der Waals surface area contributed by atoms with Crippen LogP contribution in [0, 0.1) is 11.8 Å². The zero-order valence-corrected chi connectivity index (χ0v) is 15.6. The van der Waals surface area contributed by atoms with Crippen molar-refractivity contribution in [3.05, 3.63) is 59.7 Å². The second kappa shape index (κ2) is 8.13. The van der Waals surface area contributed by atoms with Crippen molar-refractivity contribution in [2.75, 3.05) is 19.8 Å². The Morgan fingerprint density at radius 1 is 1.00 bits per heavy atom. The zero-order chi connectivity index (χ0) is 18.6. The third-order valence-corrected chi connectivity index (χ3v) is 6.03. The number of alkyl carbamates (subject to hydrolysis) is 1. The molecule has 0 unspecified atom stereocenters. The molecular weight excluding hydrogens is 338 g/mol. The van der Waals surface area contributed by atoms with E-state index in [1.807, 2.05) is 12.1 Å². The first-order valence-corrected chi connectivity index (χ1v) is 9.96. The Morgan fingerprint density at radius 3 is 2.30 bits per heavy atom. The van der Waals surface area contributed by atoms with E-state index in [0.29, 0.717) is 25.0 Å². The van der Waals surface area contributed by atoms with Gasteiger partial charge in [-0.3, -0.25) is 0 Å². The van der Waals surface area contributed by atoms with Crippen LogP contribution in [-0.2, 0) is 4.74 Å². The van der Waals surface area contributed by atoms with Crippen LogP contribution in [0.1, 0.15) is 42.7 Å². The van der Waals surface area contributed by atoms with Crippen molar-refractivity contribution in [2.45, 2.75) is 31.6 Å². The van der Waals surface area contributed by atoms with Gasteiger partial charge < -0.3 is 15.2 Å². The minimum atomic E-state index is -0.344. The van der Waals surface area contributed by atoms with Gasteiger partial charge in [0.1, 0.15) is 6.61 Å². The predicted octanol–water partition coefficient (Wildman–Crippen LogP) is 4.32. The molecule has 2 N–H and O–H groups in total. The van der Waals surface area contributed by atoms with Crippen LogP contribution in [0.25, 0.3) is 11.1 Å². The van der Waals surface area contributed by atoms with Gasteiger partial charge in [-0.1, -0.05) is 55.0 Å². The van der Waals surface area contributed by atoms with Crippen LogP contribution in [-0.4, -0.2) is 31.0 Å². The van der Waals surface area contributed by atoms with Gasteiger partial charge in [-0.05, 0) is 53.4 Å². The highest BCUT2D eigenvalue weighted by atomic mass is 16.5. The zero-order valence-electron chi connectivity index (χ0n) is 15.6. The Morgan fingerprint density at radius 2 is 1.63 bits per heavy atom. The van der Waals surface area contributed by atoms with E-state index in [4.69, 9.17) is 4.74 Å². The van der Waals surface area contributed by atoms with E-state index in [2.05, 4.69) is 41.7 Å². The molecule has 2 aliphatic rings. The summed E-state index contributed by atoms with van der Waals surface area (Å²) >= 11 is 0. The van der Waals surface area contributed by atoms with E-state index in [-0.39, 0.29) is 18.6 Å². The molecule has 0 bridgehead atoms. The van der Waals surface area contributed by atoms with E-state index in [0.717, 1.165) is 25.7 Å². The maximum absolute atomic E-state index is 12.2. The monoisotopic (exact) mass is 365 g/mol. The first-order chi connectivity index (χ1) is 13.3. The van der Waals surface area contributed by atoms with Crippen molar-refractivity contribution < 1.29 is 14.6 Å². The summed E-state index contributed by atoms with van der Waals surface area (Å²) in [5.41, 5.74) is 4.92. The van der Waals surface area contributed by atoms with Crippen LogP contribution in [0.3, 0.4) is 0 Å². The Bertz CT molecular complexity index is 758. The number of aliphatic hydroxyl groups is 1. The molecule has 1 fully saturated rings. The molecule has 1 amide bonds. The molecular formula is C23H27NO3. The summed E-state index contributed by atoms with van der Waals surface area (Å²) in [4.78, 5) is 12.2. The summed E-state index contributed by atoms with van der Waals surface area (Å²) in [5.74, 6) is 0.918. The maximum atomic E-state index is 12.2. The number of benzene rings is 2. The summed E-state index contributed by atoms with van der Waals surface area (Å²) in [5, 5.41) is 12.3. The number of nitrogens with one attached hydrogen (secondary N) is 1. The van der Waals surface area contributed by atoms with Crippen LogP contribution >= 0.6 is 0 Å². The molecule has 0 spiro atoms. The highest BCUT2D eigenvalue weighted by Gasteiger charge is 2.29. The van der Waals surface area contributed by atoms with Crippen LogP contribution in [0.5, 0.6) is 0 Å². The molecule has 4 heteroatoms. The number of rotatable bonds is 5. The average Bonchev–Trinajstić information content (AvgIpc) is 3.05. The van der Waals surface area contributed by atoms with Crippen molar-refractivity contribution in [1.82, 2.24) is 5.32 Å². The summed E-state index contributed by atoms with van der Waals surface area (Å²) in [6, 6.07) is 16.7. The molecule has 142 valence electrons. The van der Waals surface area contributed by atoms with Gasteiger partial charge in [0.2, 0.25) is 0 Å². The fraction of sp³-hybridized carbons (Fsp3) is 0.435. The number of hydrogen-bond acceptors (Lipinski definition) is 3. The Labute approximate surface area is 160 Å². The molecule has 2 aromatic carbocycles. The molecule has 0 aromatic heterocycles. The van der Waals surface area contributed by atoms with Crippen LogP contribution in [0.4, 0.5) is 4.79 Å². The van der Waals surface area contributed by atoms with E-state index < -0.39 is 0 Å². The predicted molar refractivity (Wildman–Crippen MR) is 106 cm³/mol. The second-order valence-electron chi connectivity index (χ2n) is 7.79. The minimum absolute atomic E-state index is 0.0941.